The molecule has 1 atom stereocenters. The summed E-state index contributed by atoms with van der Waals surface area (Å²) in [6.07, 6.45) is 0. The molecule has 1 saturated heterocycles. The standard InChI is InChI=1S/C24H18ClFN2O2S/c25-18-11-9-16(10-12-18)22(29)28-13-14-31-24(28)19-6-2-4-8-21(19)27(23(24)30)15-17-5-1-3-7-20(17)26/h1-12H,13-15H2/t24-/m1/s1. The molecule has 0 saturated carbocycles. The Balaban J connectivity index is 1.58. The van der Waals surface area contributed by atoms with Gasteiger partial charge in [0.15, 0.2) is 4.87 Å². The van der Waals surface area contributed by atoms with Gasteiger partial charge in [-0.15, -0.1) is 11.8 Å². The van der Waals surface area contributed by atoms with Crippen LogP contribution in [0.25, 0.3) is 0 Å². The molecule has 3 aromatic rings. The van der Waals surface area contributed by atoms with E-state index in [9.17, 15) is 14.0 Å². The molecule has 2 amide bonds. The van der Waals surface area contributed by atoms with Crippen LogP contribution in [0.3, 0.4) is 0 Å². The Labute approximate surface area is 188 Å². The Morgan fingerprint density at radius 3 is 2.52 bits per heavy atom. The number of para-hydroxylation sites is 1. The third-order valence-electron chi connectivity index (χ3n) is 5.72. The Hall–Kier alpha value is -2.83. The van der Waals surface area contributed by atoms with Crippen molar-refractivity contribution in [1.29, 1.82) is 0 Å². The lowest BCUT2D eigenvalue weighted by Crippen LogP contribution is -2.50. The second-order valence-corrected chi connectivity index (χ2v) is 9.18. The van der Waals surface area contributed by atoms with Crippen LogP contribution in [0.4, 0.5) is 10.1 Å². The van der Waals surface area contributed by atoms with E-state index in [-0.39, 0.29) is 24.2 Å². The van der Waals surface area contributed by atoms with Crippen molar-refractivity contribution in [3.05, 3.63) is 100 Å². The molecule has 156 valence electrons. The summed E-state index contributed by atoms with van der Waals surface area (Å²) in [5.41, 5.74) is 2.38. The summed E-state index contributed by atoms with van der Waals surface area (Å²) in [6.45, 7) is 0.549. The number of benzene rings is 3. The minimum atomic E-state index is -1.15. The van der Waals surface area contributed by atoms with Gasteiger partial charge in [-0.05, 0) is 36.4 Å². The van der Waals surface area contributed by atoms with Crippen molar-refractivity contribution < 1.29 is 14.0 Å². The molecule has 4 nitrogen and oxygen atoms in total. The smallest absolute Gasteiger partial charge is 0.268 e. The topological polar surface area (TPSA) is 40.6 Å². The first-order valence-electron chi connectivity index (χ1n) is 9.89. The van der Waals surface area contributed by atoms with Gasteiger partial charge in [-0.2, -0.15) is 0 Å². The number of fused-ring (bicyclic) bond motifs is 2. The molecular weight excluding hydrogens is 435 g/mol. The van der Waals surface area contributed by atoms with Crippen molar-refractivity contribution in [3.63, 3.8) is 0 Å². The first-order valence-corrected chi connectivity index (χ1v) is 11.2. The lowest BCUT2D eigenvalue weighted by atomic mass is 10.0. The minimum Gasteiger partial charge on any atom is -0.311 e. The van der Waals surface area contributed by atoms with Gasteiger partial charge in [-0.25, -0.2) is 4.39 Å². The monoisotopic (exact) mass is 452 g/mol. The van der Waals surface area contributed by atoms with E-state index in [1.165, 1.54) is 17.8 Å². The summed E-state index contributed by atoms with van der Waals surface area (Å²) >= 11 is 7.43. The van der Waals surface area contributed by atoms with Gasteiger partial charge in [0.1, 0.15) is 5.82 Å². The van der Waals surface area contributed by atoms with E-state index in [0.29, 0.717) is 34.1 Å². The Morgan fingerprint density at radius 2 is 1.74 bits per heavy atom. The number of rotatable bonds is 3. The molecule has 0 unspecified atom stereocenters. The molecule has 0 N–H and O–H groups in total. The maximum Gasteiger partial charge on any atom is 0.268 e. The lowest BCUT2D eigenvalue weighted by molar-refractivity contribution is -0.123. The van der Waals surface area contributed by atoms with Crippen LogP contribution in [0, 0.1) is 5.82 Å². The molecule has 3 aromatic carbocycles. The number of nitrogens with zero attached hydrogens (tertiary/aromatic N) is 2. The van der Waals surface area contributed by atoms with Gasteiger partial charge in [0.25, 0.3) is 11.8 Å². The average molecular weight is 453 g/mol. The maximum atomic E-state index is 14.4. The summed E-state index contributed by atoms with van der Waals surface area (Å²) in [6, 6.07) is 20.6. The highest BCUT2D eigenvalue weighted by Gasteiger charge is 2.59. The quantitative estimate of drug-likeness (QED) is 0.557. The Morgan fingerprint density at radius 1 is 1.03 bits per heavy atom. The molecule has 2 heterocycles. The molecule has 31 heavy (non-hydrogen) atoms. The van der Waals surface area contributed by atoms with Gasteiger partial charge in [0.2, 0.25) is 0 Å². The van der Waals surface area contributed by atoms with Gasteiger partial charge < -0.3 is 9.80 Å². The highest BCUT2D eigenvalue weighted by atomic mass is 35.5. The second-order valence-electron chi connectivity index (χ2n) is 7.46. The fourth-order valence-electron chi connectivity index (χ4n) is 4.27. The molecule has 0 aliphatic carbocycles. The zero-order valence-corrected chi connectivity index (χ0v) is 18.0. The maximum absolute atomic E-state index is 14.4. The highest BCUT2D eigenvalue weighted by Crippen LogP contribution is 2.54. The Kier molecular flexibility index (Phi) is 4.99. The van der Waals surface area contributed by atoms with E-state index in [4.69, 9.17) is 11.6 Å². The van der Waals surface area contributed by atoms with Crippen LogP contribution in [0.2, 0.25) is 5.02 Å². The van der Waals surface area contributed by atoms with Crippen molar-refractivity contribution in [3.8, 4) is 0 Å². The fourth-order valence-corrected chi connectivity index (χ4v) is 5.86. The van der Waals surface area contributed by atoms with E-state index in [0.717, 1.165) is 5.56 Å². The zero-order valence-electron chi connectivity index (χ0n) is 16.4. The fraction of sp³-hybridized carbons (Fsp3) is 0.167. The van der Waals surface area contributed by atoms with Crippen LogP contribution in [-0.4, -0.2) is 29.0 Å². The van der Waals surface area contributed by atoms with Crippen LogP contribution >= 0.6 is 23.4 Å². The van der Waals surface area contributed by atoms with Crippen molar-refractivity contribution in [1.82, 2.24) is 4.90 Å². The number of carbonyl (C=O) groups excluding carboxylic acids is 2. The van der Waals surface area contributed by atoms with Crippen molar-refractivity contribution >= 4 is 40.9 Å². The van der Waals surface area contributed by atoms with Crippen LogP contribution < -0.4 is 4.90 Å². The molecule has 0 aromatic heterocycles. The van der Waals surface area contributed by atoms with E-state index < -0.39 is 4.87 Å². The summed E-state index contributed by atoms with van der Waals surface area (Å²) < 4.78 is 14.4. The number of thioether (sulfide) groups is 1. The van der Waals surface area contributed by atoms with Crippen molar-refractivity contribution in [2.45, 2.75) is 11.4 Å². The van der Waals surface area contributed by atoms with Crippen LogP contribution in [0.15, 0.2) is 72.8 Å². The van der Waals surface area contributed by atoms with Gasteiger partial charge >= 0.3 is 0 Å². The summed E-state index contributed by atoms with van der Waals surface area (Å²) in [5, 5.41) is 0.542. The number of hydrogen-bond donors (Lipinski definition) is 0. The molecule has 1 fully saturated rings. The molecule has 0 bridgehead atoms. The highest BCUT2D eigenvalue weighted by molar-refractivity contribution is 8.01. The second kappa shape index (κ2) is 7.70. The van der Waals surface area contributed by atoms with E-state index in [1.54, 1.807) is 52.3 Å². The first-order chi connectivity index (χ1) is 15.0. The summed E-state index contributed by atoms with van der Waals surface area (Å²) in [5.74, 6) is -0.173. The molecule has 1 spiro atoms. The average Bonchev–Trinajstić information content (AvgIpc) is 3.32. The third-order valence-corrected chi connectivity index (χ3v) is 7.39. The molecular formula is C24H18ClFN2O2S. The summed E-state index contributed by atoms with van der Waals surface area (Å²) in [4.78, 5) is 29.4. The molecule has 0 radical (unpaired) electrons. The van der Waals surface area contributed by atoms with Gasteiger partial charge in [-0.3, -0.25) is 9.59 Å². The zero-order chi connectivity index (χ0) is 21.6. The van der Waals surface area contributed by atoms with Gasteiger partial charge in [0.05, 0.1) is 12.2 Å². The predicted octanol–water partition coefficient (Wildman–Crippen LogP) is 5.07. The van der Waals surface area contributed by atoms with E-state index >= 15 is 0 Å². The van der Waals surface area contributed by atoms with Gasteiger partial charge in [-0.1, -0.05) is 48.0 Å². The number of halogens is 2. The minimum absolute atomic E-state index is 0.105. The Bertz CT molecular complexity index is 1190. The first kappa shape index (κ1) is 20.1. The van der Waals surface area contributed by atoms with Crippen molar-refractivity contribution in [2.24, 2.45) is 0 Å². The molecule has 7 heteroatoms. The number of carbonyl (C=O) groups is 2. The predicted molar refractivity (Wildman–Crippen MR) is 121 cm³/mol. The largest absolute Gasteiger partial charge is 0.311 e. The normalized spacial score (nSPS) is 19.9. The molecule has 5 rings (SSSR count). The summed E-state index contributed by atoms with van der Waals surface area (Å²) in [7, 11) is 0. The third kappa shape index (κ3) is 3.13. The van der Waals surface area contributed by atoms with E-state index in [1.807, 2.05) is 24.3 Å². The molecule has 2 aliphatic rings. The SMILES string of the molecule is O=C(c1ccc(Cl)cc1)N1CCS[C@]12C(=O)N(Cc1ccccc1F)c1ccccc12. The van der Waals surface area contributed by atoms with Crippen LogP contribution in [0.1, 0.15) is 21.5 Å². The lowest BCUT2D eigenvalue weighted by Gasteiger charge is -2.33. The van der Waals surface area contributed by atoms with Crippen molar-refractivity contribution in [2.75, 3.05) is 17.2 Å². The van der Waals surface area contributed by atoms with Crippen LogP contribution in [0.5, 0.6) is 0 Å². The number of amides is 2. The van der Waals surface area contributed by atoms with Gasteiger partial charge in [0, 0.05) is 34.0 Å². The number of anilines is 1. The molecule has 2 aliphatic heterocycles. The van der Waals surface area contributed by atoms with E-state index in [2.05, 4.69) is 0 Å². The van der Waals surface area contributed by atoms with Crippen LogP contribution in [-0.2, 0) is 16.2 Å². The number of hydrogen-bond acceptors (Lipinski definition) is 3.